The summed E-state index contributed by atoms with van der Waals surface area (Å²) in [7, 11) is 0. The summed E-state index contributed by atoms with van der Waals surface area (Å²) in [6.45, 7) is 2.15. The average molecular weight is 295 g/mol. The molecule has 0 fully saturated rings. The second-order valence-corrected chi connectivity index (χ2v) is 5.67. The number of benzene rings is 2. The fourth-order valence-corrected chi connectivity index (χ4v) is 2.81. The molecule has 0 spiro atoms. The third-order valence-electron chi connectivity index (χ3n) is 4.09. The number of carbonyl (C=O) groups excluding carboxylic acids is 1. The summed E-state index contributed by atoms with van der Waals surface area (Å²) in [6, 6.07) is 14.0. The molecular formula is C19H21NO2. The molecule has 0 heterocycles. The maximum atomic E-state index is 11.9. The Kier molecular flexibility index (Phi) is 4.42. The van der Waals surface area contributed by atoms with Gasteiger partial charge in [0.05, 0.1) is 0 Å². The zero-order valence-electron chi connectivity index (χ0n) is 12.9. The van der Waals surface area contributed by atoms with Gasteiger partial charge in [0.25, 0.3) is 5.91 Å². The van der Waals surface area contributed by atoms with E-state index in [4.69, 9.17) is 4.74 Å². The van der Waals surface area contributed by atoms with E-state index in [0.29, 0.717) is 0 Å². The van der Waals surface area contributed by atoms with Crippen LogP contribution in [0.3, 0.4) is 0 Å². The molecule has 1 amide bonds. The number of hydrogen-bond acceptors (Lipinski definition) is 2. The largest absolute Gasteiger partial charge is 0.484 e. The van der Waals surface area contributed by atoms with Crippen LogP contribution in [0, 0.1) is 0 Å². The molecule has 0 saturated carbocycles. The van der Waals surface area contributed by atoms with Gasteiger partial charge in [0.15, 0.2) is 6.61 Å². The number of carbonyl (C=O) groups is 1. The van der Waals surface area contributed by atoms with Crippen molar-refractivity contribution in [3.8, 4) is 5.75 Å². The Bertz CT molecular complexity index is 662. The molecule has 0 bridgehead atoms. The van der Waals surface area contributed by atoms with Crippen LogP contribution in [-0.2, 0) is 24.1 Å². The number of ether oxygens (including phenoxy) is 1. The molecule has 1 aliphatic rings. The standard InChI is InChI=1S/C19H21NO2/c1-2-14-6-9-17(10-7-14)20-19(21)13-22-18-11-8-15-4-3-5-16(15)12-18/h6-12H,2-5,13H2,1H3,(H,20,21). The van der Waals surface area contributed by atoms with E-state index in [-0.39, 0.29) is 12.5 Å². The molecular weight excluding hydrogens is 274 g/mol. The van der Waals surface area contributed by atoms with Crippen molar-refractivity contribution < 1.29 is 9.53 Å². The van der Waals surface area contributed by atoms with Gasteiger partial charge in [-0.2, -0.15) is 0 Å². The number of amides is 1. The van der Waals surface area contributed by atoms with E-state index in [1.54, 1.807) is 0 Å². The first-order valence-electron chi connectivity index (χ1n) is 7.88. The lowest BCUT2D eigenvalue weighted by molar-refractivity contribution is -0.118. The predicted molar refractivity (Wildman–Crippen MR) is 88.4 cm³/mol. The molecule has 1 aliphatic carbocycles. The molecule has 3 heteroatoms. The van der Waals surface area contributed by atoms with Gasteiger partial charge >= 0.3 is 0 Å². The molecule has 0 aromatic heterocycles. The molecule has 3 rings (SSSR count). The Labute approximate surface area is 131 Å². The van der Waals surface area contributed by atoms with Gasteiger partial charge < -0.3 is 10.1 Å². The van der Waals surface area contributed by atoms with E-state index in [2.05, 4.69) is 24.4 Å². The molecule has 0 atom stereocenters. The van der Waals surface area contributed by atoms with E-state index in [0.717, 1.165) is 30.7 Å². The Hall–Kier alpha value is -2.29. The van der Waals surface area contributed by atoms with E-state index in [9.17, 15) is 4.79 Å². The minimum atomic E-state index is -0.134. The molecule has 0 saturated heterocycles. The highest BCUT2D eigenvalue weighted by Gasteiger charge is 2.11. The third-order valence-corrected chi connectivity index (χ3v) is 4.09. The number of fused-ring (bicyclic) bond motifs is 1. The fraction of sp³-hybridized carbons (Fsp3) is 0.316. The lowest BCUT2D eigenvalue weighted by Crippen LogP contribution is -2.20. The first kappa shape index (κ1) is 14.6. The Balaban J connectivity index is 1.53. The van der Waals surface area contributed by atoms with Gasteiger partial charge in [-0.3, -0.25) is 4.79 Å². The van der Waals surface area contributed by atoms with Gasteiger partial charge in [0.1, 0.15) is 5.75 Å². The average Bonchev–Trinajstić information content (AvgIpc) is 3.01. The maximum absolute atomic E-state index is 11.9. The highest BCUT2D eigenvalue weighted by atomic mass is 16.5. The van der Waals surface area contributed by atoms with Crippen molar-refractivity contribution in [2.24, 2.45) is 0 Å². The van der Waals surface area contributed by atoms with Crippen molar-refractivity contribution in [3.05, 3.63) is 59.2 Å². The number of rotatable bonds is 5. The summed E-state index contributed by atoms with van der Waals surface area (Å²) < 4.78 is 5.60. The number of hydrogen-bond donors (Lipinski definition) is 1. The van der Waals surface area contributed by atoms with E-state index in [1.165, 1.54) is 23.1 Å². The molecule has 0 radical (unpaired) electrons. The third kappa shape index (κ3) is 3.48. The normalized spacial score (nSPS) is 12.8. The van der Waals surface area contributed by atoms with Crippen LogP contribution in [0.25, 0.3) is 0 Å². The summed E-state index contributed by atoms with van der Waals surface area (Å²) in [5.41, 5.74) is 4.83. The van der Waals surface area contributed by atoms with Gasteiger partial charge in [0.2, 0.25) is 0 Å². The van der Waals surface area contributed by atoms with Crippen molar-refractivity contribution in [3.63, 3.8) is 0 Å². The quantitative estimate of drug-likeness (QED) is 0.912. The minimum absolute atomic E-state index is 0.0360. The number of nitrogens with one attached hydrogen (secondary N) is 1. The fourth-order valence-electron chi connectivity index (χ4n) is 2.81. The van der Waals surface area contributed by atoms with Gasteiger partial charge in [-0.1, -0.05) is 25.1 Å². The van der Waals surface area contributed by atoms with Crippen molar-refractivity contribution in [1.82, 2.24) is 0 Å². The second-order valence-electron chi connectivity index (χ2n) is 5.67. The number of aryl methyl sites for hydroxylation is 3. The van der Waals surface area contributed by atoms with Gasteiger partial charge in [-0.15, -0.1) is 0 Å². The highest BCUT2D eigenvalue weighted by Crippen LogP contribution is 2.26. The molecule has 3 nitrogen and oxygen atoms in total. The van der Waals surface area contributed by atoms with E-state index in [1.807, 2.05) is 30.3 Å². The van der Waals surface area contributed by atoms with Crippen LogP contribution in [0.15, 0.2) is 42.5 Å². The van der Waals surface area contributed by atoms with E-state index < -0.39 is 0 Å². The highest BCUT2D eigenvalue weighted by molar-refractivity contribution is 5.91. The first-order chi connectivity index (χ1) is 10.7. The first-order valence-corrected chi connectivity index (χ1v) is 7.88. The Morgan fingerprint density at radius 3 is 2.64 bits per heavy atom. The molecule has 0 unspecified atom stereocenters. The van der Waals surface area contributed by atoms with Crippen molar-refractivity contribution in [1.29, 1.82) is 0 Å². The molecule has 1 N–H and O–H groups in total. The predicted octanol–water partition coefficient (Wildman–Crippen LogP) is 3.76. The van der Waals surface area contributed by atoms with Crippen molar-refractivity contribution in [2.75, 3.05) is 11.9 Å². The van der Waals surface area contributed by atoms with Gasteiger partial charge in [-0.25, -0.2) is 0 Å². The monoisotopic (exact) mass is 295 g/mol. The Morgan fingerprint density at radius 2 is 1.86 bits per heavy atom. The molecule has 0 aliphatic heterocycles. The lowest BCUT2D eigenvalue weighted by atomic mass is 10.1. The topological polar surface area (TPSA) is 38.3 Å². The summed E-state index contributed by atoms with van der Waals surface area (Å²) in [5.74, 6) is 0.641. The van der Waals surface area contributed by atoms with Crippen LogP contribution in [-0.4, -0.2) is 12.5 Å². The summed E-state index contributed by atoms with van der Waals surface area (Å²) in [6.07, 6.45) is 4.48. The summed E-state index contributed by atoms with van der Waals surface area (Å²) in [4.78, 5) is 11.9. The Morgan fingerprint density at radius 1 is 1.09 bits per heavy atom. The van der Waals surface area contributed by atoms with Gasteiger partial charge in [-0.05, 0) is 66.6 Å². The van der Waals surface area contributed by atoms with Crippen LogP contribution in [0.4, 0.5) is 5.69 Å². The van der Waals surface area contributed by atoms with Crippen molar-refractivity contribution in [2.45, 2.75) is 32.6 Å². The molecule has 2 aromatic rings. The van der Waals surface area contributed by atoms with Crippen LogP contribution in [0.5, 0.6) is 5.75 Å². The van der Waals surface area contributed by atoms with E-state index >= 15 is 0 Å². The van der Waals surface area contributed by atoms with Gasteiger partial charge in [0, 0.05) is 5.69 Å². The van der Waals surface area contributed by atoms with Crippen LogP contribution < -0.4 is 10.1 Å². The smallest absolute Gasteiger partial charge is 0.262 e. The molecule has 114 valence electrons. The van der Waals surface area contributed by atoms with Crippen LogP contribution in [0.1, 0.15) is 30.0 Å². The van der Waals surface area contributed by atoms with Crippen molar-refractivity contribution >= 4 is 11.6 Å². The summed E-state index contributed by atoms with van der Waals surface area (Å²) >= 11 is 0. The zero-order valence-corrected chi connectivity index (χ0v) is 12.9. The summed E-state index contributed by atoms with van der Waals surface area (Å²) in [5, 5.41) is 2.85. The lowest BCUT2D eigenvalue weighted by Gasteiger charge is -2.09. The van der Waals surface area contributed by atoms with Crippen LogP contribution in [0.2, 0.25) is 0 Å². The second kappa shape index (κ2) is 6.65. The SMILES string of the molecule is CCc1ccc(NC(=O)COc2ccc3c(c2)CCC3)cc1. The minimum Gasteiger partial charge on any atom is -0.484 e. The zero-order chi connectivity index (χ0) is 15.4. The van der Waals surface area contributed by atoms with Crippen LogP contribution >= 0.6 is 0 Å². The molecule has 2 aromatic carbocycles. The molecule has 22 heavy (non-hydrogen) atoms. The maximum Gasteiger partial charge on any atom is 0.262 e. The number of anilines is 1.